The van der Waals surface area contributed by atoms with Crippen LogP contribution in [0.3, 0.4) is 0 Å². The molecule has 9 aromatic carbocycles. The molecule has 0 spiro atoms. The first-order chi connectivity index (χ1) is 42.8. The molecule has 7 nitrogen and oxygen atoms in total. The van der Waals surface area contributed by atoms with Crippen LogP contribution in [0.2, 0.25) is 0 Å². The van der Waals surface area contributed by atoms with E-state index in [1.165, 1.54) is 44.1 Å². The lowest BCUT2D eigenvalue weighted by atomic mass is 9.34. The Morgan fingerprint density at radius 1 is 0.356 bits per heavy atom. The van der Waals surface area contributed by atoms with Crippen molar-refractivity contribution < 1.29 is 4.42 Å². The molecule has 0 bridgehead atoms. The van der Waals surface area contributed by atoms with Gasteiger partial charge in [-0.05, 0) is 168 Å². The number of benzene rings is 9. The summed E-state index contributed by atoms with van der Waals surface area (Å²) in [6.07, 6.45) is 0. The van der Waals surface area contributed by atoms with Crippen LogP contribution in [0.15, 0.2) is 223 Å². The number of pyridine rings is 2. The third-order valence-corrected chi connectivity index (χ3v) is 18.6. The smallest absolute Gasteiger partial charge is 0.256 e. The van der Waals surface area contributed by atoms with Crippen LogP contribution in [0.25, 0.3) is 32.7 Å². The zero-order chi connectivity index (χ0) is 63.0. The Morgan fingerprint density at radius 2 is 0.811 bits per heavy atom. The number of fused-ring (bicyclic) bond motifs is 8. The van der Waals surface area contributed by atoms with E-state index in [4.69, 9.17) is 14.4 Å². The molecule has 0 unspecified atom stereocenters. The van der Waals surface area contributed by atoms with E-state index < -0.39 is 0 Å². The molecule has 0 atom stereocenters. The number of nitrogens with zero attached hydrogens (tertiary/aromatic N) is 6. The molecule has 2 aliphatic rings. The number of furan rings is 1. The van der Waals surface area contributed by atoms with Gasteiger partial charge in [0.15, 0.2) is 5.58 Å². The molecule has 0 N–H and O–H groups in total. The fraction of sp³-hybridized carbons (Fsp3) is 0.244. The molecule has 3 aromatic heterocycles. The van der Waals surface area contributed by atoms with Gasteiger partial charge in [-0.15, -0.1) is 0 Å². The Labute approximate surface area is 532 Å². The maximum Gasteiger partial charge on any atom is 0.256 e. The van der Waals surface area contributed by atoms with Gasteiger partial charge in [-0.3, -0.25) is 19.6 Å². The van der Waals surface area contributed by atoms with Crippen LogP contribution in [-0.2, 0) is 27.1 Å². The van der Waals surface area contributed by atoms with E-state index in [0.717, 1.165) is 102 Å². The van der Waals surface area contributed by atoms with Crippen molar-refractivity contribution in [2.24, 2.45) is 0 Å². The Bertz CT molecular complexity index is 4680. The maximum absolute atomic E-state index is 7.08. The predicted molar refractivity (Wildman–Crippen MR) is 384 cm³/mol. The molecule has 0 saturated heterocycles. The third kappa shape index (κ3) is 10.00. The first-order valence-electron chi connectivity index (χ1n) is 32.0. The summed E-state index contributed by atoms with van der Waals surface area (Å²) in [5.41, 5.74) is 19.0. The van der Waals surface area contributed by atoms with E-state index in [1.54, 1.807) is 0 Å². The number of hydrogen-bond acceptors (Lipinski definition) is 7. The molecule has 12 aromatic rings. The number of hydrogen-bond donors (Lipinski definition) is 0. The molecular formula is C82H81BN6O. The van der Waals surface area contributed by atoms with Crippen LogP contribution in [-0.4, -0.2) is 16.7 Å². The minimum atomic E-state index is -0.291. The summed E-state index contributed by atoms with van der Waals surface area (Å²) in [5.74, 6) is 3.30. The summed E-state index contributed by atoms with van der Waals surface area (Å²) in [7, 11) is 0. The van der Waals surface area contributed by atoms with Gasteiger partial charge in [-0.1, -0.05) is 231 Å². The lowest BCUT2D eigenvalue weighted by Gasteiger charge is -2.44. The first kappa shape index (κ1) is 58.3. The second-order valence-electron chi connectivity index (χ2n) is 30.0. The minimum Gasteiger partial charge on any atom is -0.454 e. The number of aromatic nitrogens is 2. The second kappa shape index (κ2) is 21.1. The van der Waals surface area contributed by atoms with Crippen molar-refractivity contribution in [2.75, 3.05) is 19.6 Å². The Kier molecular flexibility index (Phi) is 13.7. The molecule has 14 rings (SSSR count). The molecule has 8 heteroatoms. The SMILES string of the molecule is CC(C)(C)c1ccc(N(c2ccc(C(C)(C)C)cc2)c2ccc3c(n2)N(c2cccc4c2oc2ccccc24)c2cc(C(C)(C)C)cc4c2B3c2ccc(N(c3ccc(C(C)(C)C)cc3)c3ccc(C(C)(C)C)c5ccccc35)nc2N4c2ccccc2)cc1. The van der Waals surface area contributed by atoms with Gasteiger partial charge in [0.2, 0.25) is 0 Å². The van der Waals surface area contributed by atoms with Crippen LogP contribution in [0, 0.1) is 0 Å². The summed E-state index contributed by atoms with van der Waals surface area (Å²) in [4.78, 5) is 21.7. The van der Waals surface area contributed by atoms with E-state index in [-0.39, 0.29) is 33.8 Å². The Morgan fingerprint density at radius 3 is 1.34 bits per heavy atom. The molecular weight excluding hydrogens is 1100 g/mol. The predicted octanol–water partition coefficient (Wildman–Crippen LogP) is 21.0. The lowest BCUT2D eigenvalue weighted by molar-refractivity contribution is 0.590. The highest BCUT2D eigenvalue weighted by molar-refractivity contribution is 7.00. The maximum atomic E-state index is 7.08. The first-order valence-corrected chi connectivity index (χ1v) is 32.0. The van der Waals surface area contributed by atoms with Crippen LogP contribution in [0.4, 0.5) is 68.8 Å². The molecule has 448 valence electrons. The van der Waals surface area contributed by atoms with Crippen LogP contribution in [0.1, 0.15) is 132 Å². The third-order valence-electron chi connectivity index (χ3n) is 18.6. The molecule has 0 fully saturated rings. The number of rotatable bonds is 8. The van der Waals surface area contributed by atoms with Gasteiger partial charge in [0, 0.05) is 50.3 Å². The van der Waals surface area contributed by atoms with Crippen LogP contribution < -0.4 is 36.0 Å². The summed E-state index contributed by atoms with van der Waals surface area (Å²) >= 11 is 0. The minimum absolute atomic E-state index is 0.0256. The van der Waals surface area contributed by atoms with Crippen molar-refractivity contribution in [3.8, 4) is 0 Å². The number of para-hydroxylation sites is 3. The van der Waals surface area contributed by atoms with Gasteiger partial charge in [0.25, 0.3) is 6.71 Å². The van der Waals surface area contributed by atoms with Gasteiger partial charge in [0.1, 0.15) is 28.9 Å². The molecule has 0 saturated carbocycles. The highest BCUT2D eigenvalue weighted by Crippen LogP contribution is 2.50. The van der Waals surface area contributed by atoms with E-state index in [2.05, 4.69) is 342 Å². The highest BCUT2D eigenvalue weighted by atomic mass is 16.3. The topological polar surface area (TPSA) is 51.9 Å². The standard InChI is InChI=1S/C82H81BN6O/c1-78(2,3)52-32-38-57(39-33-52)86(58-40-34-53(35-41-58)79(4,5)6)72-48-45-66-77(84-72)89(68-30-23-29-63-62-28-21-22-31-71(62)90-75(63)68)70-51-55(81(10,11)12)50-69-74(70)83(66)65-46-49-73(85-76(65)88(69)56-24-17-16-18-25-56)87(59-42-36-54(37-43-59)80(7,8)9)67-47-44-64(82(13,14)15)60-26-19-20-27-61(60)67/h16-51H,1-15H3. The molecule has 5 heterocycles. The highest BCUT2D eigenvalue weighted by Gasteiger charge is 2.47. The van der Waals surface area contributed by atoms with Gasteiger partial charge in [-0.2, -0.15) is 0 Å². The average molecular weight is 1180 g/mol. The van der Waals surface area contributed by atoms with Crippen LogP contribution in [0.5, 0.6) is 0 Å². The van der Waals surface area contributed by atoms with Crippen molar-refractivity contribution in [1.82, 2.24) is 9.97 Å². The summed E-state index contributed by atoms with van der Waals surface area (Å²) in [6, 6.07) is 80.7. The van der Waals surface area contributed by atoms with Gasteiger partial charge < -0.3 is 4.42 Å². The molecule has 90 heavy (non-hydrogen) atoms. The second-order valence-corrected chi connectivity index (χ2v) is 30.0. The molecule has 0 amide bonds. The zero-order valence-corrected chi connectivity index (χ0v) is 55.0. The molecule has 0 aliphatic carbocycles. The lowest BCUT2D eigenvalue weighted by Crippen LogP contribution is -2.62. The average Bonchev–Trinajstić information content (AvgIpc) is 0.761. The van der Waals surface area contributed by atoms with E-state index in [0.29, 0.717) is 0 Å². The van der Waals surface area contributed by atoms with Crippen molar-refractivity contribution >= 4 is 125 Å². The molecule has 2 aliphatic heterocycles. The van der Waals surface area contributed by atoms with E-state index in [1.807, 2.05) is 0 Å². The van der Waals surface area contributed by atoms with Gasteiger partial charge >= 0.3 is 0 Å². The monoisotopic (exact) mass is 1180 g/mol. The zero-order valence-electron chi connectivity index (χ0n) is 55.0. The van der Waals surface area contributed by atoms with Gasteiger partial charge in [-0.25, -0.2) is 9.97 Å². The summed E-state index contributed by atoms with van der Waals surface area (Å²) in [6.45, 7) is 34.1. The van der Waals surface area contributed by atoms with E-state index >= 15 is 0 Å². The summed E-state index contributed by atoms with van der Waals surface area (Å²) in [5, 5.41) is 4.52. The number of anilines is 12. The van der Waals surface area contributed by atoms with Gasteiger partial charge in [0.05, 0.1) is 11.4 Å². The largest absolute Gasteiger partial charge is 0.454 e. The van der Waals surface area contributed by atoms with Crippen molar-refractivity contribution in [2.45, 2.75) is 131 Å². The fourth-order valence-electron chi connectivity index (χ4n) is 13.6. The van der Waals surface area contributed by atoms with Crippen LogP contribution >= 0.6 is 0 Å². The molecule has 0 radical (unpaired) electrons. The Hall–Kier alpha value is -9.40. The quantitative estimate of drug-likeness (QED) is 0.141. The van der Waals surface area contributed by atoms with E-state index in [9.17, 15) is 0 Å². The van der Waals surface area contributed by atoms with Crippen molar-refractivity contribution in [1.29, 1.82) is 0 Å². The van der Waals surface area contributed by atoms with Crippen molar-refractivity contribution in [3.63, 3.8) is 0 Å². The fourth-order valence-corrected chi connectivity index (χ4v) is 13.6. The normalized spacial score (nSPS) is 13.4. The summed E-state index contributed by atoms with van der Waals surface area (Å²) < 4.78 is 7.08. The van der Waals surface area contributed by atoms with Crippen molar-refractivity contribution in [3.05, 3.63) is 246 Å². The Balaban J connectivity index is 1.07.